The van der Waals surface area contributed by atoms with Crippen LogP contribution in [0, 0.1) is 35.0 Å². The second-order valence-corrected chi connectivity index (χ2v) is 12.0. The summed E-state index contributed by atoms with van der Waals surface area (Å²) >= 11 is 0. The second-order valence-electron chi connectivity index (χ2n) is 12.0. The van der Waals surface area contributed by atoms with Gasteiger partial charge in [-0.05, 0) is 69.4 Å². The Labute approximate surface area is 223 Å². The number of carbonyl (C=O) groups is 1. The molecule has 0 N–H and O–H groups in total. The molecular weight excluding hydrogens is 572 g/mol. The number of carbonyl (C=O) groups excluding carboxylic acids is 1. The highest BCUT2D eigenvalue weighted by atomic mass is 19.4. The highest BCUT2D eigenvalue weighted by Gasteiger charge is 2.63. The Balaban J connectivity index is 1.63. The molecule has 0 bridgehead atoms. The van der Waals surface area contributed by atoms with E-state index in [0.29, 0.717) is 0 Å². The number of hydrogen-bond donors (Lipinski definition) is 0. The van der Waals surface area contributed by atoms with E-state index in [4.69, 9.17) is 0 Å². The molecule has 2 aliphatic carbocycles. The van der Waals surface area contributed by atoms with Crippen LogP contribution in [0.5, 0.6) is 0 Å². The van der Waals surface area contributed by atoms with Crippen molar-refractivity contribution in [2.24, 2.45) is 35.0 Å². The maximum absolute atomic E-state index is 13.9. The third kappa shape index (κ3) is 6.48. The topological polar surface area (TPSA) is 23.6 Å². The Hall–Kier alpha value is -1.41. The number of rotatable bonds is 3. The van der Waals surface area contributed by atoms with Crippen molar-refractivity contribution in [1.82, 2.24) is 9.80 Å². The first-order chi connectivity index (χ1) is 18.2. The molecular formula is C25H32F12N2O. The molecule has 2 aliphatic heterocycles. The summed E-state index contributed by atoms with van der Waals surface area (Å²) in [6.07, 6.45) is -22.7. The summed E-state index contributed by atoms with van der Waals surface area (Å²) in [5.74, 6) is -11.3. The average molecular weight is 605 g/mol. The van der Waals surface area contributed by atoms with E-state index in [1.165, 1.54) is 4.90 Å². The average Bonchev–Trinajstić information content (AvgIpc) is 3.14. The summed E-state index contributed by atoms with van der Waals surface area (Å²) in [4.78, 5) is 16.2. The Morgan fingerprint density at radius 1 is 0.750 bits per heavy atom. The number of hydrogen-bond acceptors (Lipinski definition) is 2. The van der Waals surface area contributed by atoms with Crippen molar-refractivity contribution in [1.29, 1.82) is 0 Å². The van der Waals surface area contributed by atoms with E-state index >= 15 is 0 Å². The minimum absolute atomic E-state index is 0.0811. The van der Waals surface area contributed by atoms with Gasteiger partial charge in [-0.2, -0.15) is 52.7 Å². The fraction of sp³-hybridized carbons (Fsp3) is 0.960. The van der Waals surface area contributed by atoms with Crippen LogP contribution in [0.4, 0.5) is 52.7 Å². The molecule has 232 valence electrons. The van der Waals surface area contributed by atoms with Crippen molar-refractivity contribution < 1.29 is 57.5 Å². The van der Waals surface area contributed by atoms with E-state index in [2.05, 4.69) is 0 Å². The molecule has 4 fully saturated rings. The zero-order valence-corrected chi connectivity index (χ0v) is 21.5. The Morgan fingerprint density at radius 2 is 1.30 bits per heavy atom. The Morgan fingerprint density at radius 3 is 1.77 bits per heavy atom. The van der Waals surface area contributed by atoms with Crippen LogP contribution in [-0.2, 0) is 4.79 Å². The van der Waals surface area contributed by atoms with Crippen molar-refractivity contribution >= 4 is 5.91 Å². The fourth-order valence-corrected chi connectivity index (χ4v) is 7.80. The molecule has 0 aromatic heterocycles. The molecule has 2 saturated heterocycles. The zero-order valence-electron chi connectivity index (χ0n) is 21.5. The molecule has 2 heterocycles. The van der Waals surface area contributed by atoms with Crippen LogP contribution in [0.3, 0.4) is 0 Å². The first kappa shape index (κ1) is 31.5. The Bertz CT molecular complexity index is 881. The molecule has 0 radical (unpaired) electrons. The SMILES string of the molecule is O=C(C1C(C(F)(F)F)CCCC1C(F)(F)F)N1CC2(CCN(CCC(F)(F)F)CC2)C2CC(C(F)(F)F)CCC21. The zero-order chi connectivity index (χ0) is 29.9. The molecule has 4 rings (SSSR count). The summed E-state index contributed by atoms with van der Waals surface area (Å²) < 4.78 is 163. The van der Waals surface area contributed by atoms with E-state index in [1.807, 2.05) is 0 Å². The van der Waals surface area contributed by atoms with Gasteiger partial charge in [0.05, 0.1) is 30.1 Å². The van der Waals surface area contributed by atoms with Gasteiger partial charge < -0.3 is 9.80 Å². The third-order valence-electron chi connectivity index (χ3n) is 9.82. The predicted octanol–water partition coefficient (Wildman–Crippen LogP) is 7.37. The standard InChI is InChI=1S/C25H32F12N2O/c26-22(27,28)8-11-38-9-6-21(7-10-38)13-39(18-5-4-14(12-17(18)21)23(29,30)31)20(40)19-15(24(32,33)34)2-1-3-16(19)25(35,36)37/h14-19H,1-13H2. The summed E-state index contributed by atoms with van der Waals surface area (Å²) in [5, 5.41) is 0. The number of amides is 1. The minimum Gasteiger partial charge on any atom is -0.339 e. The van der Waals surface area contributed by atoms with E-state index in [0.717, 1.165) is 4.90 Å². The molecule has 1 amide bonds. The quantitative estimate of drug-likeness (QED) is 0.314. The monoisotopic (exact) mass is 604 g/mol. The molecule has 40 heavy (non-hydrogen) atoms. The molecule has 5 unspecified atom stereocenters. The number of fused-ring (bicyclic) bond motifs is 2. The summed E-state index contributed by atoms with van der Waals surface area (Å²) in [5.41, 5.74) is -1.02. The van der Waals surface area contributed by atoms with Gasteiger partial charge in [-0.15, -0.1) is 0 Å². The van der Waals surface area contributed by atoms with Crippen molar-refractivity contribution in [2.45, 2.75) is 88.5 Å². The lowest BCUT2D eigenvalue weighted by atomic mass is 9.63. The van der Waals surface area contributed by atoms with Gasteiger partial charge in [0.15, 0.2) is 0 Å². The molecule has 3 nitrogen and oxygen atoms in total. The molecule has 2 saturated carbocycles. The minimum atomic E-state index is -5.07. The van der Waals surface area contributed by atoms with Crippen molar-refractivity contribution in [3.63, 3.8) is 0 Å². The van der Waals surface area contributed by atoms with Crippen LogP contribution in [0.2, 0.25) is 0 Å². The van der Waals surface area contributed by atoms with Gasteiger partial charge in [0.2, 0.25) is 5.91 Å². The number of nitrogens with zero attached hydrogens (tertiary/aromatic N) is 2. The van der Waals surface area contributed by atoms with Gasteiger partial charge in [0, 0.05) is 19.1 Å². The second kappa shape index (κ2) is 10.7. The van der Waals surface area contributed by atoms with Gasteiger partial charge in [-0.3, -0.25) is 4.79 Å². The van der Waals surface area contributed by atoms with Gasteiger partial charge in [-0.1, -0.05) is 6.42 Å². The lowest BCUT2D eigenvalue weighted by Gasteiger charge is -2.46. The maximum atomic E-state index is 13.9. The number of likely N-dealkylation sites (tertiary alicyclic amines) is 2. The van der Waals surface area contributed by atoms with E-state index < -0.39 is 104 Å². The molecule has 4 aliphatic rings. The molecule has 1 spiro atoms. The Kier molecular flexibility index (Phi) is 8.43. The van der Waals surface area contributed by atoms with Gasteiger partial charge in [0.1, 0.15) is 0 Å². The summed E-state index contributed by atoms with van der Waals surface area (Å²) in [7, 11) is 0. The number of piperidine rings is 1. The van der Waals surface area contributed by atoms with Crippen LogP contribution < -0.4 is 0 Å². The first-order valence-electron chi connectivity index (χ1n) is 13.5. The normalized spacial score (nSPS) is 34.2. The largest absolute Gasteiger partial charge is 0.392 e. The van der Waals surface area contributed by atoms with Crippen LogP contribution in [0.25, 0.3) is 0 Å². The maximum Gasteiger partial charge on any atom is 0.392 e. The smallest absolute Gasteiger partial charge is 0.339 e. The van der Waals surface area contributed by atoms with Crippen LogP contribution in [0.1, 0.15) is 57.8 Å². The van der Waals surface area contributed by atoms with Gasteiger partial charge >= 0.3 is 24.7 Å². The number of alkyl halides is 12. The molecule has 0 aromatic carbocycles. The van der Waals surface area contributed by atoms with Crippen molar-refractivity contribution in [3.05, 3.63) is 0 Å². The van der Waals surface area contributed by atoms with Gasteiger partial charge in [-0.25, -0.2) is 0 Å². The highest BCUT2D eigenvalue weighted by molar-refractivity contribution is 5.81. The van der Waals surface area contributed by atoms with E-state index in [-0.39, 0.29) is 51.9 Å². The summed E-state index contributed by atoms with van der Waals surface area (Å²) in [6, 6.07) is -0.947. The van der Waals surface area contributed by atoms with Crippen LogP contribution in [-0.4, -0.2) is 72.6 Å². The van der Waals surface area contributed by atoms with E-state index in [1.54, 1.807) is 0 Å². The van der Waals surface area contributed by atoms with E-state index in [9.17, 15) is 57.5 Å². The first-order valence-corrected chi connectivity index (χ1v) is 13.5. The molecule has 0 aromatic rings. The lowest BCUT2D eigenvalue weighted by molar-refractivity contribution is -0.246. The molecule has 5 atom stereocenters. The molecule has 15 heteroatoms. The highest BCUT2D eigenvalue weighted by Crippen LogP contribution is 2.58. The van der Waals surface area contributed by atoms with Crippen molar-refractivity contribution in [3.8, 4) is 0 Å². The lowest BCUT2D eigenvalue weighted by Crippen LogP contribution is -2.53. The van der Waals surface area contributed by atoms with Crippen LogP contribution >= 0.6 is 0 Å². The van der Waals surface area contributed by atoms with Crippen LogP contribution in [0.15, 0.2) is 0 Å². The van der Waals surface area contributed by atoms with Crippen molar-refractivity contribution in [2.75, 3.05) is 26.2 Å². The predicted molar refractivity (Wildman–Crippen MR) is 118 cm³/mol. The van der Waals surface area contributed by atoms with Gasteiger partial charge in [0.25, 0.3) is 0 Å². The fourth-order valence-electron chi connectivity index (χ4n) is 7.80. The third-order valence-corrected chi connectivity index (χ3v) is 9.82. The summed E-state index contributed by atoms with van der Waals surface area (Å²) in [6.45, 7) is -0.454. The number of halogens is 12.